The summed E-state index contributed by atoms with van der Waals surface area (Å²) in [5.41, 5.74) is 3.03. The van der Waals surface area contributed by atoms with Gasteiger partial charge in [0.05, 0.1) is 13.2 Å². The Morgan fingerprint density at radius 2 is 1.79 bits per heavy atom. The van der Waals surface area contributed by atoms with Crippen molar-refractivity contribution in [2.45, 2.75) is 45.4 Å². The van der Waals surface area contributed by atoms with Crippen molar-refractivity contribution in [3.8, 4) is 0 Å². The number of piperidine rings is 1. The van der Waals surface area contributed by atoms with Crippen LogP contribution < -0.4 is 5.14 Å². The second-order valence-electron chi connectivity index (χ2n) is 7.40. The zero-order valence-electron chi connectivity index (χ0n) is 17.2. The topological polar surface area (TPSA) is 104 Å². The molecule has 3 rings (SSSR count). The number of aryl methyl sites for hydroxylation is 1. The SMILES string of the molecule is CCOP(=O)(OCC)N1CCC(c2cn(CS(N)(=O)=O)c3cc(C)ccc23)CC1. The largest absolute Gasteiger partial charge is 0.408 e. The molecule has 0 amide bonds. The van der Waals surface area contributed by atoms with E-state index in [4.69, 9.17) is 14.2 Å². The number of aromatic nitrogens is 1. The number of hydrogen-bond acceptors (Lipinski definition) is 5. The first-order chi connectivity index (χ1) is 13.7. The highest BCUT2D eigenvalue weighted by Crippen LogP contribution is 2.54. The normalized spacial score (nSPS) is 17.2. The average Bonchev–Trinajstić information content (AvgIpc) is 2.98. The van der Waals surface area contributed by atoms with Gasteiger partial charge in [-0.25, -0.2) is 22.8 Å². The van der Waals surface area contributed by atoms with Crippen LogP contribution in [0.1, 0.15) is 43.7 Å². The molecule has 1 aliphatic rings. The van der Waals surface area contributed by atoms with Crippen molar-refractivity contribution in [2.75, 3.05) is 26.3 Å². The van der Waals surface area contributed by atoms with E-state index in [0.29, 0.717) is 26.3 Å². The number of primary sulfonamides is 1. The summed E-state index contributed by atoms with van der Waals surface area (Å²) in [5, 5.41) is 6.33. The molecular weight excluding hydrogens is 413 g/mol. The van der Waals surface area contributed by atoms with Crippen molar-refractivity contribution >= 4 is 28.7 Å². The van der Waals surface area contributed by atoms with Gasteiger partial charge in [0.25, 0.3) is 0 Å². The van der Waals surface area contributed by atoms with Crippen molar-refractivity contribution in [1.82, 2.24) is 9.24 Å². The Labute approximate surface area is 172 Å². The van der Waals surface area contributed by atoms with Crippen LogP contribution in [0.15, 0.2) is 24.4 Å². The lowest BCUT2D eigenvalue weighted by Crippen LogP contribution is -2.32. The van der Waals surface area contributed by atoms with Gasteiger partial charge in [0.1, 0.15) is 5.88 Å². The molecule has 1 fully saturated rings. The fourth-order valence-corrected chi connectivity index (χ4v) is 6.38. The fourth-order valence-electron chi connectivity index (χ4n) is 4.01. The summed E-state index contributed by atoms with van der Waals surface area (Å²) in [4.78, 5) is 0. The molecule has 29 heavy (non-hydrogen) atoms. The highest BCUT2D eigenvalue weighted by atomic mass is 32.2. The molecule has 1 aliphatic heterocycles. The molecule has 1 aromatic heterocycles. The van der Waals surface area contributed by atoms with Crippen molar-refractivity contribution in [3.63, 3.8) is 0 Å². The molecular formula is C19H30N3O5PS. The van der Waals surface area contributed by atoms with Crippen LogP contribution in [0.4, 0.5) is 0 Å². The Bertz CT molecular complexity index is 1000. The molecule has 8 nitrogen and oxygen atoms in total. The van der Waals surface area contributed by atoms with Gasteiger partial charge in [0, 0.05) is 30.2 Å². The Kier molecular flexibility index (Phi) is 6.88. The minimum absolute atomic E-state index is 0.231. The quantitative estimate of drug-likeness (QED) is 0.626. The van der Waals surface area contributed by atoms with Crippen molar-refractivity contribution in [1.29, 1.82) is 0 Å². The third-order valence-corrected chi connectivity index (χ3v) is 8.13. The fraction of sp³-hybridized carbons (Fsp3) is 0.579. The Hall–Kier alpha value is -1.22. The van der Waals surface area contributed by atoms with Gasteiger partial charge in [0.2, 0.25) is 10.0 Å². The van der Waals surface area contributed by atoms with Crippen molar-refractivity contribution < 1.29 is 22.0 Å². The maximum absolute atomic E-state index is 13.0. The lowest BCUT2D eigenvalue weighted by atomic mass is 9.90. The van der Waals surface area contributed by atoms with Crippen LogP contribution in [0.3, 0.4) is 0 Å². The zero-order valence-corrected chi connectivity index (χ0v) is 18.9. The van der Waals surface area contributed by atoms with E-state index < -0.39 is 17.8 Å². The molecule has 0 atom stereocenters. The molecule has 0 spiro atoms. The highest BCUT2D eigenvalue weighted by molar-refractivity contribution is 7.88. The van der Waals surface area contributed by atoms with E-state index in [1.165, 1.54) is 0 Å². The Morgan fingerprint density at radius 1 is 1.17 bits per heavy atom. The third kappa shape index (κ3) is 5.10. The smallest absolute Gasteiger partial charge is 0.331 e. The molecule has 2 heterocycles. The first-order valence-electron chi connectivity index (χ1n) is 9.91. The van der Waals surface area contributed by atoms with E-state index in [9.17, 15) is 13.0 Å². The number of hydrogen-bond donors (Lipinski definition) is 1. The van der Waals surface area contributed by atoms with Gasteiger partial charge in [-0.05, 0) is 56.7 Å². The van der Waals surface area contributed by atoms with Gasteiger partial charge in [-0.3, -0.25) is 9.05 Å². The number of rotatable bonds is 8. The molecule has 1 saturated heterocycles. The maximum Gasteiger partial charge on any atom is 0.408 e. The van der Waals surface area contributed by atoms with Gasteiger partial charge < -0.3 is 4.57 Å². The molecule has 2 aromatic rings. The van der Waals surface area contributed by atoms with Gasteiger partial charge in [-0.1, -0.05) is 12.1 Å². The second-order valence-corrected chi connectivity index (χ2v) is 11.0. The van der Waals surface area contributed by atoms with E-state index in [1.54, 1.807) is 18.4 Å². The van der Waals surface area contributed by atoms with E-state index in [2.05, 4.69) is 0 Å². The van der Waals surface area contributed by atoms with E-state index >= 15 is 0 Å². The lowest BCUT2D eigenvalue weighted by Gasteiger charge is -2.35. The molecule has 0 saturated carbocycles. The Balaban J connectivity index is 1.86. The number of nitrogens with zero attached hydrogens (tertiary/aromatic N) is 2. The maximum atomic E-state index is 13.0. The van der Waals surface area contributed by atoms with Crippen LogP contribution in [-0.2, 0) is 29.5 Å². The molecule has 0 unspecified atom stereocenters. The predicted octanol–water partition coefficient (Wildman–Crippen LogP) is 3.56. The molecule has 162 valence electrons. The van der Waals surface area contributed by atoms with Crippen LogP contribution in [0, 0.1) is 6.92 Å². The third-order valence-electron chi connectivity index (χ3n) is 5.23. The molecule has 10 heteroatoms. The minimum Gasteiger partial charge on any atom is -0.331 e. The lowest BCUT2D eigenvalue weighted by molar-refractivity contribution is 0.154. The molecule has 0 bridgehead atoms. The van der Waals surface area contributed by atoms with E-state index in [0.717, 1.165) is 34.9 Å². The summed E-state index contributed by atoms with van der Waals surface area (Å²) in [7, 11) is -6.91. The van der Waals surface area contributed by atoms with E-state index in [1.807, 2.05) is 36.0 Å². The second kappa shape index (κ2) is 8.88. The average molecular weight is 444 g/mol. The molecule has 0 aliphatic carbocycles. The van der Waals surface area contributed by atoms with Gasteiger partial charge in [-0.2, -0.15) is 0 Å². The number of fused-ring (bicyclic) bond motifs is 1. The summed E-state index contributed by atoms with van der Waals surface area (Å²) in [6.45, 7) is 7.44. The standard InChI is InChI=1S/C19H30N3O5PS/c1-4-26-28(23,27-5-2)22-10-8-16(9-11-22)18-13-21(14-29(20,24)25)19-12-15(3)6-7-17(18)19/h6-7,12-13,16H,4-5,8-11,14H2,1-3H3,(H2,20,24,25). The zero-order chi connectivity index (χ0) is 21.2. The van der Waals surface area contributed by atoms with Crippen LogP contribution in [0.25, 0.3) is 10.9 Å². The van der Waals surface area contributed by atoms with Crippen molar-refractivity contribution in [2.24, 2.45) is 5.14 Å². The van der Waals surface area contributed by atoms with Crippen LogP contribution in [0.2, 0.25) is 0 Å². The molecule has 0 radical (unpaired) electrons. The van der Waals surface area contributed by atoms with Crippen LogP contribution >= 0.6 is 7.75 Å². The van der Waals surface area contributed by atoms with Gasteiger partial charge >= 0.3 is 7.75 Å². The van der Waals surface area contributed by atoms with Crippen LogP contribution in [0.5, 0.6) is 0 Å². The highest BCUT2D eigenvalue weighted by Gasteiger charge is 2.36. The first kappa shape index (κ1) is 22.5. The molecule has 2 N–H and O–H groups in total. The number of benzene rings is 1. The minimum atomic E-state index is -3.65. The summed E-state index contributed by atoms with van der Waals surface area (Å²) in [6, 6.07) is 6.05. The van der Waals surface area contributed by atoms with Crippen molar-refractivity contribution in [3.05, 3.63) is 35.5 Å². The van der Waals surface area contributed by atoms with Gasteiger partial charge in [0.15, 0.2) is 0 Å². The monoisotopic (exact) mass is 443 g/mol. The predicted molar refractivity (Wildman–Crippen MR) is 114 cm³/mol. The summed E-state index contributed by atoms with van der Waals surface area (Å²) in [6.07, 6.45) is 3.47. The summed E-state index contributed by atoms with van der Waals surface area (Å²) >= 11 is 0. The Morgan fingerprint density at radius 3 is 2.34 bits per heavy atom. The van der Waals surface area contributed by atoms with Crippen LogP contribution in [-0.4, -0.2) is 44.0 Å². The first-order valence-corrected chi connectivity index (χ1v) is 13.1. The molecule has 1 aromatic carbocycles. The van der Waals surface area contributed by atoms with Gasteiger partial charge in [-0.15, -0.1) is 0 Å². The number of sulfonamides is 1. The summed E-state index contributed by atoms with van der Waals surface area (Å²) in [5.74, 6) is -0.0229. The summed E-state index contributed by atoms with van der Waals surface area (Å²) < 4.78 is 50.8. The van der Waals surface area contributed by atoms with E-state index in [-0.39, 0.29) is 11.8 Å². The number of nitrogens with two attached hydrogens (primary N) is 1.